The Labute approximate surface area is 72.0 Å². The number of carbonyl (C=O) groups excluding carboxylic acids is 1. The van der Waals surface area contributed by atoms with Gasteiger partial charge >= 0.3 is 5.97 Å². The maximum Gasteiger partial charge on any atom is 0.306 e. The van der Waals surface area contributed by atoms with Crippen LogP contribution in [0.2, 0.25) is 0 Å². The smallest absolute Gasteiger partial charge is 0.306 e. The first-order valence-electron chi connectivity index (χ1n) is 4.01. The maximum atomic E-state index is 10.8. The van der Waals surface area contributed by atoms with Crippen LogP contribution in [-0.4, -0.2) is 22.8 Å². The number of ether oxygens (including phenoxy) is 1. The van der Waals surface area contributed by atoms with Gasteiger partial charge in [-0.15, -0.1) is 0 Å². The molecule has 0 aromatic heterocycles. The summed E-state index contributed by atoms with van der Waals surface area (Å²) in [5.41, 5.74) is -0.115. The minimum Gasteiger partial charge on any atom is -0.456 e. The van der Waals surface area contributed by atoms with Gasteiger partial charge in [-0.05, 0) is 19.4 Å². The van der Waals surface area contributed by atoms with Crippen LogP contribution in [0.25, 0.3) is 0 Å². The van der Waals surface area contributed by atoms with Crippen molar-refractivity contribution in [3.8, 4) is 0 Å². The molecule has 0 bridgehead atoms. The van der Waals surface area contributed by atoms with E-state index in [1.807, 2.05) is 0 Å². The molecule has 1 fully saturated rings. The lowest BCUT2D eigenvalue weighted by atomic mass is 9.91. The van der Waals surface area contributed by atoms with E-state index in [2.05, 4.69) is 6.58 Å². The molecular weight excluding hydrogens is 156 g/mol. The van der Waals surface area contributed by atoms with Crippen LogP contribution >= 0.6 is 0 Å². The van der Waals surface area contributed by atoms with Gasteiger partial charge in [-0.2, -0.15) is 0 Å². The molecule has 0 aliphatic carbocycles. The zero-order valence-corrected chi connectivity index (χ0v) is 7.46. The third-order valence-corrected chi connectivity index (χ3v) is 2.22. The van der Waals surface area contributed by atoms with Crippen molar-refractivity contribution in [3.63, 3.8) is 0 Å². The first-order valence-corrected chi connectivity index (χ1v) is 4.01. The molecule has 1 saturated heterocycles. The Bertz CT molecular complexity index is 222. The molecule has 1 rings (SSSR count). The summed E-state index contributed by atoms with van der Waals surface area (Å²) in [5.74, 6) is -0.238. The molecule has 68 valence electrons. The van der Waals surface area contributed by atoms with E-state index in [9.17, 15) is 9.90 Å². The molecule has 1 aliphatic heterocycles. The molecule has 12 heavy (non-hydrogen) atoms. The Kier molecular flexibility index (Phi) is 2.24. The van der Waals surface area contributed by atoms with Gasteiger partial charge in [-0.1, -0.05) is 6.58 Å². The van der Waals surface area contributed by atoms with Crippen LogP contribution in [0.3, 0.4) is 0 Å². The van der Waals surface area contributed by atoms with E-state index < -0.39 is 11.7 Å². The summed E-state index contributed by atoms with van der Waals surface area (Å²) in [5, 5.41) is 9.63. The van der Waals surface area contributed by atoms with Crippen molar-refractivity contribution < 1.29 is 14.6 Å². The van der Waals surface area contributed by atoms with Crippen molar-refractivity contribution in [1.29, 1.82) is 0 Å². The fourth-order valence-electron chi connectivity index (χ4n) is 1.43. The lowest BCUT2D eigenvalue weighted by molar-refractivity contribution is -0.153. The summed E-state index contributed by atoms with van der Waals surface area (Å²) in [4.78, 5) is 10.8. The highest BCUT2D eigenvalue weighted by atomic mass is 16.6. The Morgan fingerprint density at radius 2 is 2.42 bits per heavy atom. The number of hydrogen-bond donors (Lipinski definition) is 1. The first kappa shape index (κ1) is 9.26. The standard InChI is InChI=1S/C9H14O3/c1-6(2)8(11)9(3)5-4-7(10)12-9/h8,11H,1,4-5H2,2-3H3. The SMILES string of the molecule is C=C(C)C(O)C1(C)CCC(=O)O1. The molecule has 3 nitrogen and oxygen atoms in total. The number of esters is 1. The van der Waals surface area contributed by atoms with Crippen molar-refractivity contribution in [2.45, 2.75) is 38.4 Å². The average molecular weight is 170 g/mol. The first-order chi connectivity index (χ1) is 5.46. The van der Waals surface area contributed by atoms with Gasteiger partial charge < -0.3 is 9.84 Å². The zero-order valence-electron chi connectivity index (χ0n) is 7.46. The Balaban J connectivity index is 2.72. The number of hydrogen-bond acceptors (Lipinski definition) is 3. The molecule has 0 saturated carbocycles. The van der Waals surface area contributed by atoms with E-state index in [0.717, 1.165) is 0 Å². The number of rotatable bonds is 2. The molecule has 0 amide bonds. The quantitative estimate of drug-likeness (QED) is 0.497. The van der Waals surface area contributed by atoms with Gasteiger partial charge in [0.2, 0.25) is 0 Å². The number of aliphatic hydroxyl groups excluding tert-OH is 1. The predicted octanol–water partition coefficient (Wildman–Crippen LogP) is 1.02. The van der Waals surface area contributed by atoms with E-state index in [0.29, 0.717) is 18.4 Å². The molecule has 2 atom stereocenters. The van der Waals surface area contributed by atoms with Gasteiger partial charge in [0.15, 0.2) is 0 Å². The molecule has 0 radical (unpaired) electrons. The molecule has 0 spiro atoms. The van der Waals surface area contributed by atoms with Crippen molar-refractivity contribution in [3.05, 3.63) is 12.2 Å². The molecule has 0 aromatic carbocycles. The van der Waals surface area contributed by atoms with Gasteiger partial charge in [0.1, 0.15) is 11.7 Å². The Morgan fingerprint density at radius 1 is 1.83 bits per heavy atom. The maximum absolute atomic E-state index is 10.8. The van der Waals surface area contributed by atoms with Crippen molar-refractivity contribution >= 4 is 5.97 Å². The molecular formula is C9H14O3. The van der Waals surface area contributed by atoms with E-state index in [1.165, 1.54) is 0 Å². The fourth-order valence-corrected chi connectivity index (χ4v) is 1.43. The summed E-state index contributed by atoms with van der Waals surface area (Å²) < 4.78 is 5.02. The predicted molar refractivity (Wildman–Crippen MR) is 44.6 cm³/mol. The third-order valence-electron chi connectivity index (χ3n) is 2.22. The molecule has 2 unspecified atom stereocenters. The number of cyclic esters (lactones) is 1. The van der Waals surface area contributed by atoms with Crippen LogP contribution < -0.4 is 0 Å². The summed E-state index contributed by atoms with van der Waals surface area (Å²) in [6.07, 6.45) is 0.213. The Morgan fingerprint density at radius 3 is 2.75 bits per heavy atom. The summed E-state index contributed by atoms with van der Waals surface area (Å²) in [6, 6.07) is 0. The van der Waals surface area contributed by atoms with Gasteiger partial charge in [0.25, 0.3) is 0 Å². The third kappa shape index (κ3) is 1.50. The second-order valence-electron chi connectivity index (χ2n) is 3.54. The molecule has 1 aliphatic rings. The van der Waals surface area contributed by atoms with E-state index in [4.69, 9.17) is 4.74 Å². The molecule has 1 heterocycles. The van der Waals surface area contributed by atoms with Crippen LogP contribution in [0.15, 0.2) is 12.2 Å². The van der Waals surface area contributed by atoms with E-state index in [1.54, 1.807) is 13.8 Å². The van der Waals surface area contributed by atoms with Crippen LogP contribution in [0, 0.1) is 0 Å². The summed E-state index contributed by atoms with van der Waals surface area (Å²) >= 11 is 0. The van der Waals surface area contributed by atoms with Crippen LogP contribution in [-0.2, 0) is 9.53 Å². The lowest BCUT2D eigenvalue weighted by Gasteiger charge is -2.28. The van der Waals surface area contributed by atoms with Crippen LogP contribution in [0.5, 0.6) is 0 Å². The minimum atomic E-state index is -0.747. The second-order valence-corrected chi connectivity index (χ2v) is 3.54. The highest BCUT2D eigenvalue weighted by Crippen LogP contribution is 2.31. The minimum absolute atomic E-state index is 0.238. The normalized spacial score (nSPS) is 31.4. The van der Waals surface area contributed by atoms with Crippen molar-refractivity contribution in [2.75, 3.05) is 0 Å². The highest BCUT2D eigenvalue weighted by Gasteiger charge is 2.42. The largest absolute Gasteiger partial charge is 0.456 e. The lowest BCUT2D eigenvalue weighted by Crippen LogP contribution is -2.39. The van der Waals surface area contributed by atoms with Crippen molar-refractivity contribution in [1.82, 2.24) is 0 Å². The van der Waals surface area contributed by atoms with Crippen molar-refractivity contribution in [2.24, 2.45) is 0 Å². The Hall–Kier alpha value is -0.830. The topological polar surface area (TPSA) is 46.5 Å². The van der Waals surface area contributed by atoms with Gasteiger partial charge in [0.05, 0.1) is 0 Å². The highest BCUT2D eigenvalue weighted by molar-refractivity contribution is 5.72. The second kappa shape index (κ2) is 2.90. The van der Waals surface area contributed by atoms with E-state index in [-0.39, 0.29) is 5.97 Å². The average Bonchev–Trinajstić information content (AvgIpc) is 2.31. The number of aliphatic hydroxyl groups is 1. The number of carbonyl (C=O) groups is 1. The molecule has 1 N–H and O–H groups in total. The van der Waals surface area contributed by atoms with Gasteiger partial charge in [-0.3, -0.25) is 4.79 Å². The monoisotopic (exact) mass is 170 g/mol. The molecule has 0 aromatic rings. The van der Waals surface area contributed by atoms with Crippen LogP contribution in [0.1, 0.15) is 26.7 Å². The van der Waals surface area contributed by atoms with Gasteiger partial charge in [0, 0.05) is 12.8 Å². The van der Waals surface area contributed by atoms with Gasteiger partial charge in [-0.25, -0.2) is 0 Å². The zero-order chi connectivity index (χ0) is 9.35. The molecule has 3 heteroatoms. The summed E-state index contributed by atoms with van der Waals surface area (Å²) in [7, 11) is 0. The van der Waals surface area contributed by atoms with Crippen LogP contribution in [0.4, 0.5) is 0 Å². The van der Waals surface area contributed by atoms with E-state index >= 15 is 0 Å². The summed E-state index contributed by atoms with van der Waals surface area (Å²) in [6.45, 7) is 7.09. The fraction of sp³-hybridized carbons (Fsp3) is 0.667.